The lowest BCUT2D eigenvalue weighted by Gasteiger charge is -2.02. The number of carbonyl (C=O) groups excluding carboxylic acids is 1. The van der Waals surface area contributed by atoms with Crippen LogP contribution in [0, 0.1) is 11.6 Å². The van der Waals surface area contributed by atoms with Crippen LogP contribution in [-0.2, 0) is 0 Å². The van der Waals surface area contributed by atoms with Gasteiger partial charge in [0.25, 0.3) is 0 Å². The van der Waals surface area contributed by atoms with Crippen molar-refractivity contribution in [3.63, 3.8) is 0 Å². The first-order valence-corrected chi connectivity index (χ1v) is 4.73. The highest BCUT2D eigenvalue weighted by Gasteiger charge is 2.12. The summed E-state index contributed by atoms with van der Waals surface area (Å²) in [6.45, 7) is 0. The zero-order valence-electron chi connectivity index (χ0n) is 8.28. The van der Waals surface area contributed by atoms with Gasteiger partial charge in [0.1, 0.15) is 11.6 Å². The molecule has 0 saturated heterocycles. The summed E-state index contributed by atoms with van der Waals surface area (Å²) < 4.78 is 26.0. The maximum atomic E-state index is 13.3. The lowest BCUT2D eigenvalue weighted by atomic mass is 10.0. The maximum Gasteiger partial charge on any atom is 0.195 e. The van der Waals surface area contributed by atoms with Crippen molar-refractivity contribution in [2.45, 2.75) is 7.43 Å². The van der Waals surface area contributed by atoms with Gasteiger partial charge in [-0.15, -0.1) is 0 Å². The third-order valence-electron chi connectivity index (χ3n) is 2.22. The number of hydrogen-bond acceptors (Lipinski definition) is 1. The lowest BCUT2D eigenvalue weighted by molar-refractivity contribution is 0.103. The average molecular weight is 234 g/mol. The van der Waals surface area contributed by atoms with E-state index in [0.29, 0.717) is 0 Å². The van der Waals surface area contributed by atoms with Gasteiger partial charge in [0, 0.05) is 5.56 Å². The number of ketones is 1. The molecule has 0 spiro atoms. The summed E-state index contributed by atoms with van der Waals surface area (Å²) in [7, 11) is 0. The molecule has 0 aliphatic heterocycles. The molecule has 0 heterocycles. The molecule has 0 aliphatic carbocycles. The summed E-state index contributed by atoms with van der Waals surface area (Å²) >= 11 is 0. The van der Waals surface area contributed by atoms with E-state index in [0.717, 1.165) is 0 Å². The van der Waals surface area contributed by atoms with Crippen molar-refractivity contribution in [1.29, 1.82) is 0 Å². The number of rotatable bonds is 2. The van der Waals surface area contributed by atoms with Gasteiger partial charge in [0.05, 0.1) is 5.56 Å². The summed E-state index contributed by atoms with van der Waals surface area (Å²) in [6.07, 6.45) is 0. The molecule has 0 aromatic heterocycles. The fraction of sp³-hybridized carbons (Fsp3) is 0.0714. The Bertz CT molecular complexity index is 518. The van der Waals surface area contributed by atoms with Crippen molar-refractivity contribution < 1.29 is 13.6 Å². The van der Waals surface area contributed by atoms with Crippen LogP contribution in [0.1, 0.15) is 23.3 Å². The van der Waals surface area contributed by atoms with E-state index in [4.69, 9.17) is 0 Å². The van der Waals surface area contributed by atoms with Gasteiger partial charge in [0.15, 0.2) is 5.78 Å². The molecular weight excluding hydrogens is 222 g/mol. The minimum atomic E-state index is -0.572. The van der Waals surface area contributed by atoms with E-state index in [2.05, 4.69) is 0 Å². The fourth-order valence-electron chi connectivity index (χ4n) is 1.40. The van der Waals surface area contributed by atoms with Crippen molar-refractivity contribution in [3.05, 3.63) is 71.3 Å². The predicted octanol–water partition coefficient (Wildman–Crippen LogP) is 3.83. The summed E-state index contributed by atoms with van der Waals surface area (Å²) in [6, 6.07) is 10.7. The van der Waals surface area contributed by atoms with Gasteiger partial charge in [0.2, 0.25) is 0 Å². The van der Waals surface area contributed by atoms with Crippen molar-refractivity contribution in [2.24, 2.45) is 0 Å². The SMILES string of the molecule is C.O=C(c1ccc(F)cc1)c1ccccc1F. The molecule has 1 nitrogen and oxygen atoms in total. The molecule has 0 radical (unpaired) electrons. The zero-order chi connectivity index (χ0) is 11.5. The van der Waals surface area contributed by atoms with Gasteiger partial charge >= 0.3 is 0 Å². The summed E-state index contributed by atoms with van der Waals surface area (Å²) in [5.74, 6) is -1.44. The molecule has 0 fully saturated rings. The van der Waals surface area contributed by atoms with E-state index in [1.54, 1.807) is 6.07 Å². The van der Waals surface area contributed by atoms with Crippen LogP contribution in [0.3, 0.4) is 0 Å². The molecule has 0 saturated carbocycles. The van der Waals surface area contributed by atoms with Crippen LogP contribution in [0.15, 0.2) is 48.5 Å². The van der Waals surface area contributed by atoms with Crippen LogP contribution in [0.4, 0.5) is 8.78 Å². The van der Waals surface area contributed by atoms with Crippen LogP contribution in [0.5, 0.6) is 0 Å². The Morgan fingerprint density at radius 3 is 2.06 bits per heavy atom. The van der Waals surface area contributed by atoms with Crippen LogP contribution in [0.2, 0.25) is 0 Å². The fourth-order valence-corrected chi connectivity index (χ4v) is 1.40. The third-order valence-corrected chi connectivity index (χ3v) is 2.22. The van der Waals surface area contributed by atoms with Crippen molar-refractivity contribution in [1.82, 2.24) is 0 Å². The molecule has 2 aromatic carbocycles. The summed E-state index contributed by atoms with van der Waals surface area (Å²) in [5.41, 5.74) is 0.264. The van der Waals surface area contributed by atoms with Gasteiger partial charge in [-0.2, -0.15) is 0 Å². The minimum absolute atomic E-state index is 0. The Balaban J connectivity index is 0.00000144. The molecule has 88 valence electrons. The Labute approximate surface area is 98.7 Å². The molecule has 2 aromatic rings. The smallest absolute Gasteiger partial charge is 0.195 e. The Morgan fingerprint density at radius 1 is 0.882 bits per heavy atom. The quantitative estimate of drug-likeness (QED) is 0.722. The van der Waals surface area contributed by atoms with E-state index in [1.165, 1.54) is 42.5 Å². The maximum absolute atomic E-state index is 13.3. The van der Waals surface area contributed by atoms with Crippen LogP contribution >= 0.6 is 0 Å². The van der Waals surface area contributed by atoms with Gasteiger partial charge in [-0.05, 0) is 36.4 Å². The second-order valence-corrected chi connectivity index (χ2v) is 3.32. The molecular formula is C14H12F2O. The molecule has 0 atom stereocenters. The van der Waals surface area contributed by atoms with Gasteiger partial charge in [-0.1, -0.05) is 19.6 Å². The monoisotopic (exact) mass is 234 g/mol. The van der Waals surface area contributed by atoms with Crippen LogP contribution in [-0.4, -0.2) is 5.78 Å². The largest absolute Gasteiger partial charge is 0.288 e. The zero-order valence-corrected chi connectivity index (χ0v) is 8.28. The average Bonchev–Trinajstić information content (AvgIpc) is 2.30. The molecule has 0 unspecified atom stereocenters. The van der Waals surface area contributed by atoms with E-state index in [9.17, 15) is 13.6 Å². The first-order valence-electron chi connectivity index (χ1n) is 4.73. The van der Waals surface area contributed by atoms with Gasteiger partial charge < -0.3 is 0 Å². The van der Waals surface area contributed by atoms with Gasteiger partial charge in [-0.25, -0.2) is 8.78 Å². The number of halogens is 2. The van der Waals surface area contributed by atoms with Gasteiger partial charge in [-0.3, -0.25) is 4.79 Å². The Kier molecular flexibility index (Phi) is 4.10. The first-order chi connectivity index (χ1) is 7.68. The van der Waals surface area contributed by atoms with E-state index < -0.39 is 17.4 Å². The number of benzene rings is 2. The molecule has 0 amide bonds. The normalized spacial score (nSPS) is 9.53. The van der Waals surface area contributed by atoms with E-state index >= 15 is 0 Å². The molecule has 0 bridgehead atoms. The standard InChI is InChI=1S/C13H8F2O.CH4/c14-10-7-5-9(6-8-10)13(16)11-3-1-2-4-12(11)15;/h1-8H;1H4. The van der Waals surface area contributed by atoms with E-state index in [-0.39, 0.29) is 18.6 Å². The molecule has 3 heteroatoms. The molecule has 17 heavy (non-hydrogen) atoms. The Morgan fingerprint density at radius 2 is 1.47 bits per heavy atom. The molecule has 2 rings (SSSR count). The minimum Gasteiger partial charge on any atom is -0.288 e. The second kappa shape index (κ2) is 5.34. The van der Waals surface area contributed by atoms with Crippen LogP contribution < -0.4 is 0 Å². The summed E-state index contributed by atoms with van der Waals surface area (Å²) in [4.78, 5) is 11.8. The highest BCUT2D eigenvalue weighted by Crippen LogP contribution is 2.13. The highest BCUT2D eigenvalue weighted by molar-refractivity contribution is 6.09. The number of carbonyl (C=O) groups is 1. The van der Waals surface area contributed by atoms with Crippen molar-refractivity contribution in [2.75, 3.05) is 0 Å². The third kappa shape index (κ3) is 2.75. The lowest BCUT2D eigenvalue weighted by Crippen LogP contribution is -2.03. The highest BCUT2D eigenvalue weighted by atomic mass is 19.1. The summed E-state index contributed by atoms with van der Waals surface area (Å²) in [5, 5.41) is 0. The second-order valence-electron chi connectivity index (χ2n) is 3.32. The first kappa shape index (κ1) is 13.0. The Hall–Kier alpha value is -2.03. The topological polar surface area (TPSA) is 17.1 Å². The molecule has 0 N–H and O–H groups in total. The van der Waals surface area contributed by atoms with E-state index in [1.807, 2.05) is 0 Å². The molecule has 0 aliphatic rings. The predicted molar refractivity (Wildman–Crippen MR) is 63.0 cm³/mol. The van der Waals surface area contributed by atoms with Crippen molar-refractivity contribution in [3.8, 4) is 0 Å². The van der Waals surface area contributed by atoms with Crippen LogP contribution in [0.25, 0.3) is 0 Å². The van der Waals surface area contributed by atoms with Crippen molar-refractivity contribution >= 4 is 5.78 Å². The number of hydrogen-bond donors (Lipinski definition) is 0.